The molecule has 0 radical (unpaired) electrons. The van der Waals surface area contributed by atoms with Crippen LogP contribution in [0.4, 0.5) is 21.5 Å². The van der Waals surface area contributed by atoms with Gasteiger partial charge in [0.25, 0.3) is 15.9 Å². The minimum Gasteiger partial charge on any atom is -0.476 e. The summed E-state index contributed by atoms with van der Waals surface area (Å²) >= 11 is 0. The minimum atomic E-state index is -4.14. The Bertz CT molecular complexity index is 1380. The van der Waals surface area contributed by atoms with Gasteiger partial charge < -0.3 is 15.0 Å². The number of rotatable bonds is 5. The van der Waals surface area contributed by atoms with Crippen molar-refractivity contribution in [1.29, 1.82) is 0 Å². The first-order valence-corrected chi connectivity index (χ1v) is 11.9. The molecule has 3 aromatic rings. The first-order chi connectivity index (χ1) is 16.2. The molecule has 1 atom stereocenters. The van der Waals surface area contributed by atoms with E-state index < -0.39 is 27.9 Å². The van der Waals surface area contributed by atoms with Gasteiger partial charge in [-0.3, -0.25) is 14.3 Å². The smallest absolute Gasteiger partial charge is 0.267 e. The summed E-state index contributed by atoms with van der Waals surface area (Å²) in [6, 6.07) is 16.7. The van der Waals surface area contributed by atoms with Crippen LogP contribution in [0, 0.1) is 12.7 Å². The maximum absolute atomic E-state index is 14.0. The summed E-state index contributed by atoms with van der Waals surface area (Å²) in [4.78, 5) is 26.4. The van der Waals surface area contributed by atoms with Crippen LogP contribution in [0.5, 0.6) is 5.75 Å². The molecule has 0 aromatic heterocycles. The molecule has 2 N–H and O–H groups in total. The number of hydrogen-bond donors (Lipinski definition) is 2. The number of para-hydroxylation sites is 3. The molecule has 0 bridgehead atoms. The van der Waals surface area contributed by atoms with Gasteiger partial charge in [-0.1, -0.05) is 30.3 Å². The van der Waals surface area contributed by atoms with E-state index in [1.807, 2.05) is 0 Å². The number of aryl methyl sites for hydroxylation is 1. The number of fused-ring (bicyclic) bond motifs is 1. The topological polar surface area (TPSA) is 105 Å². The average molecular weight is 484 g/mol. The van der Waals surface area contributed by atoms with Crippen molar-refractivity contribution in [1.82, 2.24) is 0 Å². The molecule has 0 saturated carbocycles. The minimum absolute atomic E-state index is 0.00400. The molecule has 0 fully saturated rings. The summed E-state index contributed by atoms with van der Waals surface area (Å²) < 4.78 is 47.8. The monoisotopic (exact) mass is 483 g/mol. The van der Waals surface area contributed by atoms with Crippen molar-refractivity contribution in [2.24, 2.45) is 0 Å². The predicted molar refractivity (Wildman–Crippen MR) is 126 cm³/mol. The number of carbonyl (C=O) groups excluding carboxylic acids is 2. The normalized spacial score (nSPS) is 15.1. The van der Waals surface area contributed by atoms with Crippen molar-refractivity contribution in [3.8, 4) is 5.75 Å². The lowest BCUT2D eigenvalue weighted by atomic mass is 10.1. The maximum atomic E-state index is 14.0. The van der Waals surface area contributed by atoms with Crippen molar-refractivity contribution in [2.45, 2.75) is 24.8 Å². The number of amides is 2. The molecule has 0 saturated heterocycles. The SMILES string of the molecule is CC(=O)N1C[C@@H](C(=O)Nc2ccc(C)c(S(=O)(=O)Nc3ccccc3F)c2)Oc2ccccc21. The van der Waals surface area contributed by atoms with Crippen molar-refractivity contribution in [2.75, 3.05) is 21.5 Å². The largest absolute Gasteiger partial charge is 0.476 e. The Labute approximate surface area is 196 Å². The van der Waals surface area contributed by atoms with E-state index in [4.69, 9.17) is 4.74 Å². The van der Waals surface area contributed by atoms with Crippen LogP contribution in [0.25, 0.3) is 0 Å². The molecule has 1 aliphatic heterocycles. The van der Waals surface area contributed by atoms with E-state index in [2.05, 4.69) is 10.0 Å². The third kappa shape index (κ3) is 4.72. The van der Waals surface area contributed by atoms with Crippen LogP contribution in [-0.2, 0) is 19.6 Å². The first kappa shape index (κ1) is 23.2. The van der Waals surface area contributed by atoms with E-state index in [0.717, 1.165) is 6.07 Å². The van der Waals surface area contributed by atoms with Crippen LogP contribution >= 0.6 is 0 Å². The van der Waals surface area contributed by atoms with Gasteiger partial charge >= 0.3 is 0 Å². The molecule has 10 heteroatoms. The van der Waals surface area contributed by atoms with Gasteiger partial charge in [0.15, 0.2) is 6.10 Å². The summed E-state index contributed by atoms with van der Waals surface area (Å²) in [7, 11) is -4.14. The molecular weight excluding hydrogens is 461 g/mol. The third-order valence-corrected chi connectivity index (χ3v) is 6.82. The molecule has 4 rings (SSSR count). The van der Waals surface area contributed by atoms with Gasteiger partial charge in [0, 0.05) is 12.6 Å². The van der Waals surface area contributed by atoms with Gasteiger partial charge in [-0.25, -0.2) is 12.8 Å². The second kappa shape index (κ2) is 9.14. The number of nitrogens with one attached hydrogen (secondary N) is 2. The zero-order valence-corrected chi connectivity index (χ0v) is 19.2. The van der Waals surface area contributed by atoms with E-state index in [1.54, 1.807) is 37.3 Å². The number of sulfonamides is 1. The molecular formula is C24H22FN3O5S. The van der Waals surface area contributed by atoms with Crippen LogP contribution in [0.3, 0.4) is 0 Å². The van der Waals surface area contributed by atoms with E-state index in [9.17, 15) is 22.4 Å². The maximum Gasteiger partial charge on any atom is 0.267 e. The highest BCUT2D eigenvalue weighted by molar-refractivity contribution is 7.92. The second-order valence-corrected chi connectivity index (χ2v) is 9.41. The molecule has 2 amide bonds. The lowest BCUT2D eigenvalue weighted by Crippen LogP contribution is -2.48. The molecule has 176 valence electrons. The van der Waals surface area contributed by atoms with Crippen LogP contribution < -0.4 is 19.7 Å². The van der Waals surface area contributed by atoms with Gasteiger partial charge in [0.05, 0.1) is 22.8 Å². The summed E-state index contributed by atoms with van der Waals surface area (Å²) in [5.74, 6) is -1.10. The van der Waals surface area contributed by atoms with Crippen molar-refractivity contribution < 1.29 is 27.1 Å². The van der Waals surface area contributed by atoms with Crippen LogP contribution in [0.15, 0.2) is 71.6 Å². The Morgan fingerprint density at radius 2 is 1.76 bits per heavy atom. The first-order valence-electron chi connectivity index (χ1n) is 10.4. The summed E-state index contributed by atoms with van der Waals surface area (Å²) in [6.45, 7) is 2.99. The average Bonchev–Trinajstić information content (AvgIpc) is 2.80. The van der Waals surface area contributed by atoms with Gasteiger partial charge in [-0.15, -0.1) is 0 Å². The van der Waals surface area contributed by atoms with Crippen LogP contribution in [0.1, 0.15) is 12.5 Å². The third-order valence-electron chi connectivity index (χ3n) is 5.31. The zero-order valence-electron chi connectivity index (χ0n) is 18.4. The molecule has 3 aromatic carbocycles. The number of nitrogens with zero attached hydrogens (tertiary/aromatic N) is 1. The van der Waals surface area contributed by atoms with Crippen molar-refractivity contribution in [3.05, 3.63) is 78.1 Å². The summed E-state index contributed by atoms with van der Waals surface area (Å²) in [6.07, 6.45) is -1.00. The molecule has 0 spiro atoms. The summed E-state index contributed by atoms with van der Waals surface area (Å²) in [5, 5.41) is 2.65. The number of hydrogen-bond acceptors (Lipinski definition) is 5. The lowest BCUT2D eigenvalue weighted by Gasteiger charge is -2.33. The zero-order chi connectivity index (χ0) is 24.5. The Morgan fingerprint density at radius 3 is 2.50 bits per heavy atom. The molecule has 1 aliphatic rings. The molecule has 0 unspecified atom stereocenters. The van der Waals surface area contributed by atoms with Gasteiger partial charge in [0.2, 0.25) is 5.91 Å². The number of benzene rings is 3. The molecule has 1 heterocycles. The summed E-state index contributed by atoms with van der Waals surface area (Å²) in [5.41, 5.74) is 1.01. The van der Waals surface area contributed by atoms with Gasteiger partial charge in [-0.05, 0) is 48.9 Å². The second-order valence-electron chi connectivity index (χ2n) is 7.76. The fraction of sp³-hybridized carbons (Fsp3) is 0.167. The standard InChI is InChI=1S/C24H22FN3O5S/c1-15-11-12-17(13-23(15)34(31,32)27-19-8-4-3-7-18(19)25)26-24(30)22-14-28(16(2)29)20-9-5-6-10-21(20)33-22/h3-13,22,27H,14H2,1-2H3,(H,26,30)/t22-/m0/s1. The quantitative estimate of drug-likeness (QED) is 0.576. The van der Waals surface area contributed by atoms with E-state index >= 15 is 0 Å². The Morgan fingerprint density at radius 1 is 1.06 bits per heavy atom. The van der Waals surface area contributed by atoms with Crippen LogP contribution in [-0.4, -0.2) is 32.9 Å². The van der Waals surface area contributed by atoms with E-state index in [-0.39, 0.29) is 28.7 Å². The van der Waals surface area contributed by atoms with Crippen LogP contribution in [0.2, 0.25) is 0 Å². The molecule has 8 nitrogen and oxygen atoms in total. The van der Waals surface area contributed by atoms with Gasteiger partial charge in [-0.2, -0.15) is 0 Å². The van der Waals surface area contributed by atoms with Crippen molar-refractivity contribution in [3.63, 3.8) is 0 Å². The Hall–Kier alpha value is -3.92. The Balaban J connectivity index is 1.56. The fourth-order valence-electron chi connectivity index (χ4n) is 3.60. The number of anilines is 3. The van der Waals surface area contributed by atoms with E-state index in [1.165, 1.54) is 42.2 Å². The number of ether oxygens (including phenoxy) is 1. The van der Waals surface area contributed by atoms with Crippen molar-refractivity contribution >= 4 is 38.9 Å². The Kier molecular flexibility index (Phi) is 6.25. The highest BCUT2D eigenvalue weighted by Crippen LogP contribution is 2.33. The molecule has 0 aliphatic carbocycles. The van der Waals surface area contributed by atoms with Gasteiger partial charge in [0.1, 0.15) is 11.6 Å². The predicted octanol–water partition coefficient (Wildman–Crippen LogP) is 3.69. The molecule has 34 heavy (non-hydrogen) atoms. The number of carbonyl (C=O) groups is 2. The lowest BCUT2D eigenvalue weighted by molar-refractivity contribution is -0.123. The number of halogens is 1. The van der Waals surface area contributed by atoms with E-state index in [0.29, 0.717) is 17.0 Å². The fourth-order valence-corrected chi connectivity index (χ4v) is 4.94. The highest BCUT2D eigenvalue weighted by atomic mass is 32.2. The highest BCUT2D eigenvalue weighted by Gasteiger charge is 2.32.